The highest BCUT2D eigenvalue weighted by Crippen LogP contribution is 2.29. The molecule has 2 atom stereocenters. The molecule has 0 saturated carbocycles. The number of amides is 1. The van der Waals surface area contributed by atoms with Gasteiger partial charge in [0.15, 0.2) is 0 Å². The second kappa shape index (κ2) is 6.20. The zero-order chi connectivity index (χ0) is 14.7. The summed E-state index contributed by atoms with van der Waals surface area (Å²) >= 11 is 6.00. The van der Waals surface area contributed by atoms with Crippen molar-refractivity contribution in [2.45, 2.75) is 18.6 Å². The summed E-state index contributed by atoms with van der Waals surface area (Å²) in [5.74, 6) is -0.282. The van der Waals surface area contributed by atoms with E-state index in [1.807, 2.05) is 12.1 Å². The summed E-state index contributed by atoms with van der Waals surface area (Å²) < 4.78 is 5.72. The lowest BCUT2D eigenvalue weighted by Crippen LogP contribution is -2.37. The molecule has 6 heteroatoms. The highest BCUT2D eigenvalue weighted by molar-refractivity contribution is 6.33. The monoisotopic (exact) mass is 303 g/mol. The van der Waals surface area contributed by atoms with Crippen molar-refractivity contribution in [2.24, 2.45) is 0 Å². The Morgan fingerprint density at radius 1 is 1.29 bits per heavy atom. The van der Waals surface area contributed by atoms with E-state index in [9.17, 15) is 4.79 Å². The average molecular weight is 304 g/mol. The molecule has 2 aromatic rings. The fourth-order valence-electron chi connectivity index (χ4n) is 2.41. The molecule has 0 aliphatic carbocycles. The summed E-state index contributed by atoms with van der Waals surface area (Å²) in [6.45, 7) is 0.605. The summed E-state index contributed by atoms with van der Waals surface area (Å²) in [5, 5.41) is 3.30. The molecule has 1 amide bonds. The molecule has 0 spiro atoms. The van der Waals surface area contributed by atoms with Gasteiger partial charge in [0, 0.05) is 25.2 Å². The van der Waals surface area contributed by atoms with Crippen molar-refractivity contribution < 1.29 is 9.53 Å². The molecule has 0 unspecified atom stereocenters. The quantitative estimate of drug-likeness (QED) is 0.945. The third-order valence-corrected chi connectivity index (χ3v) is 3.72. The predicted octanol–water partition coefficient (Wildman–Crippen LogP) is 2.39. The number of rotatable bonds is 3. The third kappa shape index (κ3) is 3.04. The molecule has 1 aliphatic heterocycles. The van der Waals surface area contributed by atoms with Crippen molar-refractivity contribution in [3.05, 3.63) is 59.1 Å². The van der Waals surface area contributed by atoms with Crippen LogP contribution in [0.5, 0.6) is 0 Å². The summed E-state index contributed by atoms with van der Waals surface area (Å²) in [5.41, 5.74) is 1.24. The number of halogens is 1. The van der Waals surface area contributed by atoms with Crippen molar-refractivity contribution in [3.8, 4) is 0 Å². The first-order chi connectivity index (χ1) is 10.3. The standard InChI is InChI=1S/C15H14ClN3O2/c16-11-2-1-6-18-13(11)15(20)19-12-5-9-21-14(12)10-3-7-17-8-4-10/h1-4,6-8,12,14H,5,9H2,(H,19,20)/t12-,14+/m1/s1. The SMILES string of the molecule is O=C(N[C@@H]1CCO[C@H]1c1ccncc1)c1ncccc1Cl. The van der Waals surface area contributed by atoms with E-state index in [0.29, 0.717) is 11.6 Å². The lowest BCUT2D eigenvalue weighted by molar-refractivity contribution is 0.0818. The van der Waals surface area contributed by atoms with E-state index >= 15 is 0 Å². The van der Waals surface area contributed by atoms with Crippen molar-refractivity contribution in [1.29, 1.82) is 0 Å². The number of aromatic nitrogens is 2. The third-order valence-electron chi connectivity index (χ3n) is 3.42. The fraction of sp³-hybridized carbons (Fsp3) is 0.267. The minimum absolute atomic E-state index is 0.0991. The number of carbonyl (C=O) groups is 1. The first kappa shape index (κ1) is 14.0. The number of hydrogen-bond acceptors (Lipinski definition) is 4. The van der Waals surface area contributed by atoms with Crippen LogP contribution < -0.4 is 5.32 Å². The minimum Gasteiger partial charge on any atom is -0.371 e. The van der Waals surface area contributed by atoms with Crippen LogP contribution in [0.2, 0.25) is 5.02 Å². The largest absolute Gasteiger partial charge is 0.371 e. The van der Waals surface area contributed by atoms with Gasteiger partial charge in [-0.05, 0) is 36.2 Å². The van der Waals surface area contributed by atoms with Crippen molar-refractivity contribution in [1.82, 2.24) is 15.3 Å². The number of pyridine rings is 2. The fourth-order valence-corrected chi connectivity index (χ4v) is 2.62. The minimum atomic E-state index is -0.282. The van der Waals surface area contributed by atoms with E-state index in [1.165, 1.54) is 0 Å². The lowest BCUT2D eigenvalue weighted by atomic mass is 10.0. The van der Waals surface area contributed by atoms with Crippen LogP contribution in [0.3, 0.4) is 0 Å². The summed E-state index contributed by atoms with van der Waals surface area (Å²) in [6, 6.07) is 7.02. The molecular formula is C15H14ClN3O2. The number of carbonyl (C=O) groups excluding carboxylic acids is 1. The Labute approximate surface area is 127 Å². The van der Waals surface area contributed by atoms with E-state index in [4.69, 9.17) is 16.3 Å². The van der Waals surface area contributed by atoms with Crippen molar-refractivity contribution in [2.75, 3.05) is 6.61 Å². The van der Waals surface area contributed by atoms with Gasteiger partial charge in [-0.3, -0.25) is 9.78 Å². The average Bonchev–Trinajstić information content (AvgIpc) is 2.96. The van der Waals surface area contributed by atoms with Crippen LogP contribution in [0.4, 0.5) is 0 Å². The predicted molar refractivity (Wildman–Crippen MR) is 78.0 cm³/mol. The Balaban J connectivity index is 1.75. The summed E-state index contributed by atoms with van der Waals surface area (Å²) in [7, 11) is 0. The Morgan fingerprint density at radius 2 is 2.10 bits per heavy atom. The molecule has 5 nitrogen and oxygen atoms in total. The van der Waals surface area contributed by atoms with E-state index in [2.05, 4.69) is 15.3 Å². The zero-order valence-corrected chi connectivity index (χ0v) is 12.0. The van der Waals surface area contributed by atoms with E-state index in [0.717, 1.165) is 12.0 Å². The van der Waals surface area contributed by atoms with Crippen LogP contribution in [-0.2, 0) is 4.74 Å². The van der Waals surface area contributed by atoms with Crippen LogP contribution in [0.15, 0.2) is 42.9 Å². The molecule has 1 fully saturated rings. The maximum atomic E-state index is 12.3. The van der Waals surface area contributed by atoms with Gasteiger partial charge in [-0.2, -0.15) is 0 Å². The van der Waals surface area contributed by atoms with Gasteiger partial charge in [-0.1, -0.05) is 11.6 Å². The molecule has 2 aromatic heterocycles. The number of ether oxygens (including phenoxy) is 1. The van der Waals surface area contributed by atoms with Crippen LogP contribution in [0, 0.1) is 0 Å². The lowest BCUT2D eigenvalue weighted by Gasteiger charge is -2.20. The normalized spacial score (nSPS) is 21.2. The summed E-state index contributed by atoms with van der Waals surface area (Å²) in [6.07, 6.45) is 5.56. The van der Waals surface area contributed by atoms with Crippen LogP contribution >= 0.6 is 11.6 Å². The van der Waals surface area contributed by atoms with Crippen molar-refractivity contribution in [3.63, 3.8) is 0 Å². The van der Waals surface area contributed by atoms with Gasteiger partial charge in [-0.25, -0.2) is 4.98 Å². The van der Waals surface area contributed by atoms with Crippen molar-refractivity contribution >= 4 is 17.5 Å². The molecule has 3 rings (SSSR count). The Morgan fingerprint density at radius 3 is 2.86 bits per heavy atom. The molecule has 21 heavy (non-hydrogen) atoms. The Hall–Kier alpha value is -1.98. The first-order valence-corrected chi connectivity index (χ1v) is 7.06. The van der Waals surface area contributed by atoms with E-state index in [-0.39, 0.29) is 23.7 Å². The second-order valence-electron chi connectivity index (χ2n) is 4.77. The second-order valence-corrected chi connectivity index (χ2v) is 5.18. The maximum absolute atomic E-state index is 12.3. The van der Waals surface area contributed by atoms with Crippen LogP contribution in [0.1, 0.15) is 28.6 Å². The zero-order valence-electron chi connectivity index (χ0n) is 11.2. The van der Waals surface area contributed by atoms with E-state index < -0.39 is 0 Å². The molecule has 108 valence electrons. The van der Waals surface area contributed by atoms with Gasteiger partial charge in [0.2, 0.25) is 0 Å². The molecule has 1 N–H and O–H groups in total. The molecule has 1 aliphatic rings. The van der Waals surface area contributed by atoms with Gasteiger partial charge in [0.25, 0.3) is 5.91 Å². The molecule has 1 saturated heterocycles. The number of hydrogen-bond donors (Lipinski definition) is 1. The van der Waals surface area contributed by atoms with Gasteiger partial charge in [0.1, 0.15) is 11.8 Å². The Kier molecular flexibility index (Phi) is 4.13. The van der Waals surface area contributed by atoms with Crippen LogP contribution in [-0.4, -0.2) is 28.5 Å². The maximum Gasteiger partial charge on any atom is 0.271 e. The molecule has 0 aromatic carbocycles. The Bertz CT molecular complexity index is 636. The van der Waals surface area contributed by atoms with Gasteiger partial charge < -0.3 is 10.1 Å². The molecule has 3 heterocycles. The highest BCUT2D eigenvalue weighted by Gasteiger charge is 2.31. The highest BCUT2D eigenvalue weighted by atomic mass is 35.5. The smallest absolute Gasteiger partial charge is 0.271 e. The van der Waals surface area contributed by atoms with Gasteiger partial charge in [-0.15, -0.1) is 0 Å². The summed E-state index contributed by atoms with van der Waals surface area (Å²) in [4.78, 5) is 20.3. The molecular weight excluding hydrogens is 290 g/mol. The van der Waals surface area contributed by atoms with Crippen LogP contribution in [0.25, 0.3) is 0 Å². The number of nitrogens with zero attached hydrogens (tertiary/aromatic N) is 2. The molecule has 0 radical (unpaired) electrons. The van der Waals surface area contributed by atoms with Gasteiger partial charge >= 0.3 is 0 Å². The number of nitrogens with one attached hydrogen (secondary N) is 1. The van der Waals surface area contributed by atoms with Gasteiger partial charge in [0.05, 0.1) is 11.1 Å². The topological polar surface area (TPSA) is 64.1 Å². The molecule has 0 bridgehead atoms. The van der Waals surface area contributed by atoms with E-state index in [1.54, 1.807) is 30.7 Å². The first-order valence-electron chi connectivity index (χ1n) is 6.68.